The van der Waals surface area contributed by atoms with Gasteiger partial charge in [0.25, 0.3) is 0 Å². The number of likely N-dealkylation sites (N-methyl/N-ethyl adjacent to an activating group) is 1. The molecule has 0 aromatic carbocycles. The molecular formula is C10H18N2. The number of aryl methyl sites for hydroxylation is 1. The summed E-state index contributed by atoms with van der Waals surface area (Å²) in [6, 6.07) is 2.17. The molecule has 0 fully saturated rings. The Morgan fingerprint density at radius 2 is 2.25 bits per heavy atom. The highest BCUT2D eigenvalue weighted by Crippen LogP contribution is 2.05. The van der Waals surface area contributed by atoms with E-state index >= 15 is 0 Å². The highest BCUT2D eigenvalue weighted by Gasteiger charge is 1.99. The number of aromatic amines is 1. The summed E-state index contributed by atoms with van der Waals surface area (Å²) in [5.74, 6) is 0. The summed E-state index contributed by atoms with van der Waals surface area (Å²) in [6.45, 7) is 6.59. The van der Waals surface area contributed by atoms with Crippen molar-refractivity contribution in [1.82, 2.24) is 9.88 Å². The molecule has 0 unspecified atom stereocenters. The molecule has 2 heteroatoms. The Kier molecular flexibility index (Phi) is 3.35. The van der Waals surface area contributed by atoms with Crippen LogP contribution in [-0.4, -0.2) is 30.0 Å². The fraction of sp³-hybridized carbons (Fsp3) is 0.600. The van der Waals surface area contributed by atoms with Crippen molar-refractivity contribution in [3.63, 3.8) is 0 Å². The van der Waals surface area contributed by atoms with Crippen molar-refractivity contribution < 1.29 is 0 Å². The van der Waals surface area contributed by atoms with E-state index in [1.54, 1.807) is 0 Å². The maximum absolute atomic E-state index is 3.19. The molecule has 0 aliphatic carbocycles. The molecule has 0 radical (unpaired) electrons. The van der Waals surface area contributed by atoms with Crippen LogP contribution in [0.1, 0.15) is 18.2 Å². The van der Waals surface area contributed by atoms with Crippen LogP contribution in [0.25, 0.3) is 0 Å². The van der Waals surface area contributed by atoms with Crippen LogP contribution in [-0.2, 0) is 6.42 Å². The molecule has 0 saturated carbocycles. The predicted molar refractivity (Wildman–Crippen MR) is 52.4 cm³/mol. The van der Waals surface area contributed by atoms with Gasteiger partial charge in [0.2, 0.25) is 0 Å². The predicted octanol–water partition coefficient (Wildman–Crippen LogP) is 1.82. The average Bonchev–Trinajstić information content (AvgIpc) is 2.47. The van der Waals surface area contributed by atoms with E-state index < -0.39 is 0 Å². The zero-order chi connectivity index (χ0) is 8.97. The zero-order valence-corrected chi connectivity index (χ0v) is 8.22. The number of rotatable bonds is 4. The Labute approximate surface area is 74.6 Å². The zero-order valence-electron chi connectivity index (χ0n) is 8.22. The first-order chi connectivity index (χ1) is 5.74. The molecule has 0 aliphatic rings. The van der Waals surface area contributed by atoms with E-state index in [2.05, 4.69) is 36.8 Å². The van der Waals surface area contributed by atoms with Gasteiger partial charge in [0.1, 0.15) is 0 Å². The van der Waals surface area contributed by atoms with Crippen LogP contribution in [0.4, 0.5) is 0 Å². The second kappa shape index (κ2) is 4.31. The highest BCUT2D eigenvalue weighted by atomic mass is 15.1. The van der Waals surface area contributed by atoms with E-state index in [1.807, 2.05) is 6.20 Å². The molecule has 0 bridgehead atoms. The first-order valence-corrected chi connectivity index (χ1v) is 4.55. The number of nitrogens with zero attached hydrogens (tertiary/aromatic N) is 1. The highest BCUT2D eigenvalue weighted by molar-refractivity contribution is 5.19. The van der Waals surface area contributed by atoms with Gasteiger partial charge < -0.3 is 9.88 Å². The number of hydrogen-bond donors (Lipinski definition) is 1. The molecular weight excluding hydrogens is 148 g/mol. The van der Waals surface area contributed by atoms with Gasteiger partial charge in [-0.2, -0.15) is 0 Å². The van der Waals surface area contributed by atoms with Crippen molar-refractivity contribution in [2.45, 2.75) is 20.3 Å². The Balaban J connectivity index is 2.38. The summed E-state index contributed by atoms with van der Waals surface area (Å²) in [5.41, 5.74) is 2.75. The third-order valence-corrected chi connectivity index (χ3v) is 2.37. The van der Waals surface area contributed by atoms with Crippen LogP contribution in [0.3, 0.4) is 0 Å². The van der Waals surface area contributed by atoms with E-state index in [-0.39, 0.29) is 0 Å². The lowest BCUT2D eigenvalue weighted by molar-refractivity contribution is 0.357. The summed E-state index contributed by atoms with van der Waals surface area (Å²) in [4.78, 5) is 5.52. The molecule has 0 atom stereocenters. The molecule has 0 spiro atoms. The molecule has 0 amide bonds. The summed E-state index contributed by atoms with van der Waals surface area (Å²) in [7, 11) is 2.15. The van der Waals surface area contributed by atoms with E-state index in [0.717, 1.165) is 19.5 Å². The van der Waals surface area contributed by atoms with Gasteiger partial charge in [-0.1, -0.05) is 6.92 Å². The molecule has 68 valence electrons. The molecule has 1 N–H and O–H groups in total. The lowest BCUT2D eigenvalue weighted by atomic mass is 10.2. The first kappa shape index (κ1) is 9.33. The topological polar surface area (TPSA) is 19.0 Å². The monoisotopic (exact) mass is 166 g/mol. The van der Waals surface area contributed by atoms with Gasteiger partial charge in [-0.05, 0) is 38.6 Å². The van der Waals surface area contributed by atoms with Crippen LogP contribution in [0.5, 0.6) is 0 Å². The SMILES string of the molecule is CCN(C)CCc1cc[nH]c1C. The molecule has 12 heavy (non-hydrogen) atoms. The third kappa shape index (κ3) is 2.38. The molecule has 0 aliphatic heterocycles. The van der Waals surface area contributed by atoms with Crippen molar-refractivity contribution in [1.29, 1.82) is 0 Å². The van der Waals surface area contributed by atoms with Crippen LogP contribution >= 0.6 is 0 Å². The van der Waals surface area contributed by atoms with Crippen LogP contribution in [0.2, 0.25) is 0 Å². The third-order valence-electron chi connectivity index (χ3n) is 2.37. The Morgan fingerprint density at radius 3 is 2.75 bits per heavy atom. The van der Waals surface area contributed by atoms with Gasteiger partial charge >= 0.3 is 0 Å². The van der Waals surface area contributed by atoms with Crippen LogP contribution in [0.15, 0.2) is 12.3 Å². The molecule has 1 heterocycles. The number of hydrogen-bond acceptors (Lipinski definition) is 1. The number of nitrogens with one attached hydrogen (secondary N) is 1. The van der Waals surface area contributed by atoms with Crippen LogP contribution < -0.4 is 0 Å². The largest absolute Gasteiger partial charge is 0.365 e. The lowest BCUT2D eigenvalue weighted by Gasteiger charge is -2.12. The second-order valence-electron chi connectivity index (χ2n) is 3.27. The average molecular weight is 166 g/mol. The molecule has 0 saturated heterocycles. The molecule has 1 aromatic rings. The lowest BCUT2D eigenvalue weighted by Crippen LogP contribution is -2.20. The molecule has 2 nitrogen and oxygen atoms in total. The quantitative estimate of drug-likeness (QED) is 0.723. The standard InChI is InChI=1S/C10H18N2/c1-4-12(3)8-6-10-5-7-11-9(10)2/h5,7,11H,4,6,8H2,1-3H3. The van der Waals surface area contributed by atoms with Gasteiger partial charge in [0, 0.05) is 18.4 Å². The van der Waals surface area contributed by atoms with Crippen molar-refractivity contribution in [2.24, 2.45) is 0 Å². The van der Waals surface area contributed by atoms with E-state index in [1.165, 1.54) is 11.3 Å². The van der Waals surface area contributed by atoms with E-state index in [9.17, 15) is 0 Å². The fourth-order valence-electron chi connectivity index (χ4n) is 1.23. The van der Waals surface area contributed by atoms with Crippen molar-refractivity contribution >= 4 is 0 Å². The first-order valence-electron chi connectivity index (χ1n) is 4.55. The fourth-order valence-corrected chi connectivity index (χ4v) is 1.23. The molecule has 1 rings (SSSR count). The van der Waals surface area contributed by atoms with Gasteiger partial charge in [-0.3, -0.25) is 0 Å². The van der Waals surface area contributed by atoms with Crippen molar-refractivity contribution in [2.75, 3.05) is 20.1 Å². The van der Waals surface area contributed by atoms with Gasteiger partial charge in [-0.25, -0.2) is 0 Å². The van der Waals surface area contributed by atoms with Crippen molar-refractivity contribution in [3.8, 4) is 0 Å². The number of H-pyrrole nitrogens is 1. The Morgan fingerprint density at radius 1 is 1.50 bits per heavy atom. The van der Waals surface area contributed by atoms with Gasteiger partial charge in [0.05, 0.1) is 0 Å². The minimum Gasteiger partial charge on any atom is -0.365 e. The maximum atomic E-state index is 3.19. The van der Waals surface area contributed by atoms with Gasteiger partial charge in [0.15, 0.2) is 0 Å². The summed E-state index contributed by atoms with van der Waals surface area (Å²) in [5, 5.41) is 0. The minimum absolute atomic E-state index is 1.13. The Bertz CT molecular complexity index is 227. The Hall–Kier alpha value is -0.760. The smallest absolute Gasteiger partial charge is 0.0148 e. The molecule has 1 aromatic heterocycles. The summed E-state index contributed by atoms with van der Waals surface area (Å²) < 4.78 is 0. The second-order valence-corrected chi connectivity index (χ2v) is 3.27. The summed E-state index contributed by atoms with van der Waals surface area (Å²) in [6.07, 6.45) is 3.16. The van der Waals surface area contributed by atoms with Crippen molar-refractivity contribution in [3.05, 3.63) is 23.5 Å². The van der Waals surface area contributed by atoms with Gasteiger partial charge in [-0.15, -0.1) is 0 Å². The normalized spacial score (nSPS) is 11.0. The number of aromatic nitrogens is 1. The van der Waals surface area contributed by atoms with E-state index in [0.29, 0.717) is 0 Å². The van der Waals surface area contributed by atoms with E-state index in [4.69, 9.17) is 0 Å². The minimum atomic E-state index is 1.13. The summed E-state index contributed by atoms with van der Waals surface area (Å²) >= 11 is 0. The van der Waals surface area contributed by atoms with Crippen LogP contribution in [0, 0.1) is 6.92 Å². The maximum Gasteiger partial charge on any atom is 0.0148 e.